The van der Waals surface area contributed by atoms with Crippen molar-refractivity contribution in [2.24, 2.45) is 0 Å². The summed E-state index contributed by atoms with van der Waals surface area (Å²) >= 11 is 3.11. The molecule has 0 heterocycles. The zero-order valence-corrected chi connectivity index (χ0v) is 13.4. The first-order chi connectivity index (χ1) is 10.9. The number of anilines is 1. The van der Waals surface area contributed by atoms with Crippen LogP contribution in [0, 0.1) is 5.82 Å². The first-order valence-corrected chi connectivity index (χ1v) is 7.09. The molecular formula is C15H11BrF3NO3. The number of halogens is 4. The van der Waals surface area contributed by atoms with Crippen LogP contribution in [0.2, 0.25) is 0 Å². The van der Waals surface area contributed by atoms with E-state index < -0.39 is 18.3 Å². The Hall–Kier alpha value is -2.22. The number of rotatable bonds is 5. The van der Waals surface area contributed by atoms with Crippen LogP contribution in [0.3, 0.4) is 0 Å². The van der Waals surface area contributed by atoms with Gasteiger partial charge in [-0.15, -0.1) is 0 Å². The van der Waals surface area contributed by atoms with E-state index in [9.17, 15) is 18.0 Å². The number of nitrogens with one attached hydrogen (secondary N) is 1. The van der Waals surface area contributed by atoms with Crippen molar-refractivity contribution >= 4 is 27.5 Å². The second-order valence-electron chi connectivity index (χ2n) is 4.32. The van der Waals surface area contributed by atoms with Gasteiger partial charge in [0, 0.05) is 10.0 Å². The Bertz CT molecular complexity index is 725. The Morgan fingerprint density at radius 1 is 1.17 bits per heavy atom. The van der Waals surface area contributed by atoms with Gasteiger partial charge in [0.2, 0.25) is 0 Å². The topological polar surface area (TPSA) is 47.6 Å². The van der Waals surface area contributed by atoms with Crippen molar-refractivity contribution < 1.29 is 27.4 Å². The van der Waals surface area contributed by atoms with E-state index in [1.54, 1.807) is 6.07 Å². The van der Waals surface area contributed by atoms with E-state index in [-0.39, 0.29) is 22.7 Å². The van der Waals surface area contributed by atoms with E-state index in [0.29, 0.717) is 4.47 Å². The van der Waals surface area contributed by atoms with Crippen LogP contribution in [-0.4, -0.2) is 19.6 Å². The lowest BCUT2D eigenvalue weighted by atomic mass is 10.2. The van der Waals surface area contributed by atoms with Crippen LogP contribution in [0.1, 0.15) is 10.4 Å². The van der Waals surface area contributed by atoms with Crippen molar-refractivity contribution in [3.05, 3.63) is 52.3 Å². The quantitative estimate of drug-likeness (QED) is 0.821. The minimum absolute atomic E-state index is 0.00919. The van der Waals surface area contributed by atoms with Gasteiger partial charge in [-0.2, -0.15) is 8.78 Å². The predicted molar refractivity (Wildman–Crippen MR) is 81.7 cm³/mol. The molecule has 0 aliphatic heterocycles. The van der Waals surface area contributed by atoms with Gasteiger partial charge in [0.1, 0.15) is 5.82 Å². The molecule has 122 valence electrons. The lowest BCUT2D eigenvalue weighted by molar-refractivity contribution is -0.0512. The summed E-state index contributed by atoms with van der Waals surface area (Å²) in [5, 5.41) is 2.39. The van der Waals surface area contributed by atoms with Crippen molar-refractivity contribution in [2.45, 2.75) is 6.61 Å². The van der Waals surface area contributed by atoms with Gasteiger partial charge in [-0.3, -0.25) is 4.79 Å². The Labute approximate surface area is 138 Å². The highest BCUT2D eigenvalue weighted by Crippen LogP contribution is 2.30. The Morgan fingerprint density at radius 2 is 1.91 bits per heavy atom. The average Bonchev–Trinajstić information content (AvgIpc) is 2.49. The van der Waals surface area contributed by atoms with Crippen molar-refractivity contribution in [3.8, 4) is 11.5 Å². The van der Waals surface area contributed by atoms with Crippen molar-refractivity contribution in [3.63, 3.8) is 0 Å². The number of carbonyl (C=O) groups excluding carboxylic acids is 1. The molecule has 0 aliphatic carbocycles. The third-order valence-corrected chi connectivity index (χ3v) is 3.31. The number of hydrogen-bond donors (Lipinski definition) is 1. The van der Waals surface area contributed by atoms with Crippen LogP contribution in [0.25, 0.3) is 0 Å². The standard InChI is InChI=1S/C15H11BrF3NO3/c1-22-13-6-8(2-5-12(13)23-15(18)19)14(21)20-11-4-3-9(16)7-10(11)17/h2-7,15H,1H3,(H,20,21). The highest BCUT2D eigenvalue weighted by atomic mass is 79.9. The summed E-state index contributed by atoms with van der Waals surface area (Å²) in [6.07, 6.45) is 0. The summed E-state index contributed by atoms with van der Waals surface area (Å²) in [4.78, 5) is 12.1. The first kappa shape index (κ1) is 17.1. The fourth-order valence-corrected chi connectivity index (χ4v) is 2.12. The van der Waals surface area contributed by atoms with E-state index in [4.69, 9.17) is 4.74 Å². The SMILES string of the molecule is COc1cc(C(=O)Nc2ccc(Br)cc2F)ccc1OC(F)F. The van der Waals surface area contributed by atoms with Crippen LogP contribution in [0.4, 0.5) is 18.9 Å². The normalized spacial score (nSPS) is 10.5. The summed E-state index contributed by atoms with van der Waals surface area (Å²) in [5.41, 5.74) is 0.0934. The summed E-state index contributed by atoms with van der Waals surface area (Å²) in [6.45, 7) is -3.01. The van der Waals surface area contributed by atoms with E-state index in [0.717, 1.165) is 0 Å². The fraction of sp³-hybridized carbons (Fsp3) is 0.133. The molecular weight excluding hydrogens is 379 g/mol. The second kappa shape index (κ2) is 7.36. The molecule has 8 heteroatoms. The van der Waals surface area contributed by atoms with Gasteiger partial charge in [-0.25, -0.2) is 4.39 Å². The average molecular weight is 390 g/mol. The number of ether oxygens (including phenoxy) is 2. The minimum Gasteiger partial charge on any atom is -0.493 e. The first-order valence-electron chi connectivity index (χ1n) is 6.30. The molecule has 0 atom stereocenters. The van der Waals surface area contributed by atoms with E-state index in [1.165, 1.54) is 37.4 Å². The maximum atomic E-state index is 13.7. The number of hydrogen-bond acceptors (Lipinski definition) is 3. The third-order valence-electron chi connectivity index (χ3n) is 2.82. The number of amides is 1. The molecule has 2 aromatic carbocycles. The second-order valence-corrected chi connectivity index (χ2v) is 5.24. The van der Waals surface area contributed by atoms with Gasteiger partial charge in [0.25, 0.3) is 5.91 Å². The van der Waals surface area contributed by atoms with Crippen molar-refractivity contribution in [1.29, 1.82) is 0 Å². The van der Waals surface area contributed by atoms with Gasteiger partial charge < -0.3 is 14.8 Å². The Kier molecular flexibility index (Phi) is 5.49. The molecule has 0 fully saturated rings. The zero-order chi connectivity index (χ0) is 17.0. The molecule has 1 amide bonds. The predicted octanol–water partition coefficient (Wildman–Crippen LogP) is 4.45. The largest absolute Gasteiger partial charge is 0.493 e. The van der Waals surface area contributed by atoms with Gasteiger partial charge in [-0.05, 0) is 36.4 Å². The molecule has 1 N–H and O–H groups in total. The molecule has 4 nitrogen and oxygen atoms in total. The molecule has 0 radical (unpaired) electrons. The van der Waals surface area contributed by atoms with Gasteiger partial charge in [0.15, 0.2) is 11.5 Å². The maximum Gasteiger partial charge on any atom is 0.387 e. The molecule has 0 aromatic heterocycles. The molecule has 0 unspecified atom stereocenters. The number of alkyl halides is 2. The minimum atomic E-state index is -3.01. The van der Waals surface area contributed by atoms with Crippen molar-refractivity contribution in [2.75, 3.05) is 12.4 Å². The van der Waals surface area contributed by atoms with E-state index in [1.807, 2.05) is 0 Å². The molecule has 0 bridgehead atoms. The van der Waals surface area contributed by atoms with Crippen LogP contribution in [0.15, 0.2) is 40.9 Å². The lowest BCUT2D eigenvalue weighted by Crippen LogP contribution is -2.13. The summed E-state index contributed by atoms with van der Waals surface area (Å²) < 4.78 is 47.9. The number of carbonyl (C=O) groups is 1. The molecule has 23 heavy (non-hydrogen) atoms. The Morgan fingerprint density at radius 3 is 2.52 bits per heavy atom. The number of benzene rings is 2. The Balaban J connectivity index is 2.22. The van der Waals surface area contributed by atoms with Crippen LogP contribution in [0.5, 0.6) is 11.5 Å². The number of methoxy groups -OCH3 is 1. The van der Waals surface area contributed by atoms with Gasteiger partial charge in [0.05, 0.1) is 12.8 Å². The molecule has 0 saturated heterocycles. The molecule has 0 saturated carbocycles. The van der Waals surface area contributed by atoms with E-state index >= 15 is 0 Å². The van der Waals surface area contributed by atoms with Crippen LogP contribution >= 0.6 is 15.9 Å². The molecule has 2 rings (SSSR count). The third kappa shape index (κ3) is 4.38. The van der Waals surface area contributed by atoms with Gasteiger partial charge >= 0.3 is 6.61 Å². The maximum absolute atomic E-state index is 13.7. The van der Waals surface area contributed by atoms with Crippen molar-refractivity contribution in [1.82, 2.24) is 0 Å². The summed E-state index contributed by atoms with van der Waals surface area (Å²) in [6, 6.07) is 7.84. The molecule has 0 aliphatic rings. The smallest absolute Gasteiger partial charge is 0.387 e. The van der Waals surface area contributed by atoms with E-state index in [2.05, 4.69) is 26.0 Å². The molecule has 0 spiro atoms. The van der Waals surface area contributed by atoms with Crippen LogP contribution < -0.4 is 14.8 Å². The highest BCUT2D eigenvalue weighted by Gasteiger charge is 2.15. The van der Waals surface area contributed by atoms with Gasteiger partial charge in [-0.1, -0.05) is 15.9 Å². The monoisotopic (exact) mass is 389 g/mol. The summed E-state index contributed by atoms with van der Waals surface area (Å²) in [5.74, 6) is -1.46. The fourth-order valence-electron chi connectivity index (χ4n) is 1.79. The zero-order valence-electron chi connectivity index (χ0n) is 11.8. The molecule has 2 aromatic rings. The lowest BCUT2D eigenvalue weighted by Gasteiger charge is -2.12. The van der Waals surface area contributed by atoms with Crippen LogP contribution in [-0.2, 0) is 0 Å². The summed E-state index contributed by atoms with van der Waals surface area (Å²) in [7, 11) is 1.25. The highest BCUT2D eigenvalue weighted by molar-refractivity contribution is 9.10.